The molecular weight excluding hydrogens is 176 g/mol. The Morgan fingerprint density at radius 1 is 1.36 bits per heavy atom. The fourth-order valence-corrected chi connectivity index (χ4v) is 1.38. The van der Waals surface area contributed by atoms with E-state index in [0.717, 1.165) is 6.42 Å². The number of ether oxygens (including phenoxy) is 1. The molecule has 0 radical (unpaired) electrons. The monoisotopic (exact) mass is 192 g/mol. The van der Waals surface area contributed by atoms with Gasteiger partial charge in [-0.1, -0.05) is 37.3 Å². The molecule has 1 unspecified atom stereocenters. The van der Waals surface area contributed by atoms with Gasteiger partial charge in [0.05, 0.1) is 7.11 Å². The first kappa shape index (κ1) is 10.8. The van der Waals surface area contributed by atoms with E-state index in [9.17, 15) is 4.79 Å². The Hall–Kier alpha value is -1.31. The molecule has 0 N–H and O–H groups in total. The van der Waals surface area contributed by atoms with Gasteiger partial charge in [-0.05, 0) is 17.9 Å². The Balaban J connectivity index is 2.43. The molecule has 2 nitrogen and oxygen atoms in total. The molecule has 2 heteroatoms. The molecule has 14 heavy (non-hydrogen) atoms. The maximum absolute atomic E-state index is 10.9. The van der Waals surface area contributed by atoms with Crippen LogP contribution in [0.5, 0.6) is 0 Å². The van der Waals surface area contributed by atoms with Gasteiger partial charge in [0.1, 0.15) is 0 Å². The fraction of sp³-hybridized carbons (Fsp3) is 0.417. The van der Waals surface area contributed by atoms with Gasteiger partial charge in [-0.15, -0.1) is 0 Å². The molecule has 0 saturated heterocycles. The van der Waals surface area contributed by atoms with Crippen LogP contribution in [0.15, 0.2) is 30.3 Å². The normalized spacial score (nSPS) is 12.1. The van der Waals surface area contributed by atoms with Crippen molar-refractivity contribution in [3.63, 3.8) is 0 Å². The predicted molar refractivity (Wildman–Crippen MR) is 56.1 cm³/mol. The summed E-state index contributed by atoms with van der Waals surface area (Å²) in [5.41, 5.74) is 1.27. The number of benzene rings is 1. The SMILES string of the molecule is COC(=O)CCC(C)c1ccccc1. The highest BCUT2D eigenvalue weighted by molar-refractivity contribution is 5.69. The van der Waals surface area contributed by atoms with Crippen LogP contribution in [-0.2, 0) is 9.53 Å². The van der Waals surface area contributed by atoms with E-state index in [0.29, 0.717) is 12.3 Å². The van der Waals surface area contributed by atoms with Crippen molar-refractivity contribution in [3.8, 4) is 0 Å². The first-order valence-corrected chi connectivity index (χ1v) is 4.86. The molecule has 0 aliphatic carbocycles. The molecule has 0 heterocycles. The summed E-state index contributed by atoms with van der Waals surface area (Å²) in [6, 6.07) is 10.2. The van der Waals surface area contributed by atoms with Gasteiger partial charge >= 0.3 is 5.97 Å². The Bertz CT molecular complexity index is 280. The van der Waals surface area contributed by atoms with Gasteiger partial charge in [0, 0.05) is 6.42 Å². The Morgan fingerprint density at radius 3 is 2.57 bits per heavy atom. The Labute approximate surface area is 84.9 Å². The molecule has 76 valence electrons. The van der Waals surface area contributed by atoms with Crippen LogP contribution in [0.3, 0.4) is 0 Å². The number of esters is 1. The average Bonchev–Trinajstić information content (AvgIpc) is 2.26. The van der Waals surface area contributed by atoms with Crippen molar-refractivity contribution >= 4 is 5.97 Å². The lowest BCUT2D eigenvalue weighted by molar-refractivity contribution is -0.140. The molecule has 0 saturated carbocycles. The lowest BCUT2D eigenvalue weighted by Gasteiger charge is -2.10. The minimum absolute atomic E-state index is 0.132. The van der Waals surface area contributed by atoms with Crippen molar-refractivity contribution in [2.24, 2.45) is 0 Å². The van der Waals surface area contributed by atoms with Crippen LogP contribution in [0.2, 0.25) is 0 Å². The van der Waals surface area contributed by atoms with E-state index in [1.165, 1.54) is 12.7 Å². The molecule has 0 aliphatic heterocycles. The molecule has 1 rings (SSSR count). The average molecular weight is 192 g/mol. The zero-order chi connectivity index (χ0) is 10.4. The summed E-state index contributed by atoms with van der Waals surface area (Å²) in [6.45, 7) is 2.12. The summed E-state index contributed by atoms with van der Waals surface area (Å²) in [5, 5.41) is 0. The van der Waals surface area contributed by atoms with Gasteiger partial charge in [0.25, 0.3) is 0 Å². The summed E-state index contributed by atoms with van der Waals surface area (Å²) in [5.74, 6) is 0.281. The molecule has 0 aromatic heterocycles. The third-order valence-electron chi connectivity index (χ3n) is 2.38. The van der Waals surface area contributed by atoms with Crippen LogP contribution in [0.4, 0.5) is 0 Å². The number of carbonyl (C=O) groups excluding carboxylic acids is 1. The van der Waals surface area contributed by atoms with E-state index in [4.69, 9.17) is 0 Å². The highest BCUT2D eigenvalue weighted by atomic mass is 16.5. The maximum atomic E-state index is 10.9. The molecule has 1 aromatic rings. The van der Waals surface area contributed by atoms with Crippen LogP contribution in [-0.4, -0.2) is 13.1 Å². The fourth-order valence-electron chi connectivity index (χ4n) is 1.38. The van der Waals surface area contributed by atoms with Gasteiger partial charge in [0.15, 0.2) is 0 Å². The van der Waals surface area contributed by atoms with Crippen LogP contribution in [0, 0.1) is 0 Å². The largest absolute Gasteiger partial charge is 0.469 e. The van der Waals surface area contributed by atoms with Crippen molar-refractivity contribution in [2.45, 2.75) is 25.7 Å². The number of rotatable bonds is 4. The second-order valence-electron chi connectivity index (χ2n) is 3.43. The second kappa shape index (κ2) is 5.43. The molecule has 0 aliphatic rings. The van der Waals surface area contributed by atoms with E-state index >= 15 is 0 Å². The zero-order valence-corrected chi connectivity index (χ0v) is 8.69. The van der Waals surface area contributed by atoms with Crippen LogP contribution < -0.4 is 0 Å². The summed E-state index contributed by atoms with van der Waals surface area (Å²) >= 11 is 0. The van der Waals surface area contributed by atoms with Gasteiger partial charge in [-0.3, -0.25) is 4.79 Å². The molecule has 0 amide bonds. The number of hydrogen-bond acceptors (Lipinski definition) is 2. The van der Waals surface area contributed by atoms with E-state index in [1.54, 1.807) is 0 Å². The second-order valence-corrected chi connectivity index (χ2v) is 3.43. The number of methoxy groups -OCH3 is 1. The van der Waals surface area contributed by atoms with Crippen LogP contribution in [0.1, 0.15) is 31.2 Å². The third kappa shape index (κ3) is 3.21. The highest BCUT2D eigenvalue weighted by Gasteiger charge is 2.07. The smallest absolute Gasteiger partial charge is 0.305 e. The summed E-state index contributed by atoms with van der Waals surface area (Å²) < 4.78 is 4.60. The van der Waals surface area contributed by atoms with E-state index < -0.39 is 0 Å². The van der Waals surface area contributed by atoms with E-state index in [-0.39, 0.29) is 5.97 Å². The highest BCUT2D eigenvalue weighted by Crippen LogP contribution is 2.19. The van der Waals surface area contributed by atoms with Gasteiger partial charge in [-0.25, -0.2) is 0 Å². The van der Waals surface area contributed by atoms with Gasteiger partial charge in [0.2, 0.25) is 0 Å². The lowest BCUT2D eigenvalue weighted by atomic mass is 9.96. The van der Waals surface area contributed by atoms with Crippen molar-refractivity contribution < 1.29 is 9.53 Å². The van der Waals surface area contributed by atoms with Gasteiger partial charge < -0.3 is 4.74 Å². The third-order valence-corrected chi connectivity index (χ3v) is 2.38. The quantitative estimate of drug-likeness (QED) is 0.686. The van der Waals surface area contributed by atoms with Crippen molar-refractivity contribution in [1.82, 2.24) is 0 Å². The van der Waals surface area contributed by atoms with Crippen molar-refractivity contribution in [3.05, 3.63) is 35.9 Å². The number of carbonyl (C=O) groups is 1. The van der Waals surface area contributed by atoms with Crippen LogP contribution >= 0.6 is 0 Å². The van der Waals surface area contributed by atoms with Crippen molar-refractivity contribution in [1.29, 1.82) is 0 Å². The molecular formula is C12H16O2. The molecule has 0 bridgehead atoms. The predicted octanol–water partition coefficient (Wildman–Crippen LogP) is 2.74. The molecule has 1 aromatic carbocycles. The first-order chi connectivity index (χ1) is 6.74. The minimum Gasteiger partial charge on any atom is -0.469 e. The summed E-state index contributed by atoms with van der Waals surface area (Å²) in [4.78, 5) is 10.9. The minimum atomic E-state index is -0.132. The first-order valence-electron chi connectivity index (χ1n) is 4.86. The Kier molecular flexibility index (Phi) is 4.17. The Morgan fingerprint density at radius 2 is 2.00 bits per heavy atom. The molecule has 0 spiro atoms. The topological polar surface area (TPSA) is 26.3 Å². The zero-order valence-electron chi connectivity index (χ0n) is 8.69. The number of hydrogen-bond donors (Lipinski definition) is 0. The molecule has 0 fully saturated rings. The summed E-state index contributed by atoms with van der Waals surface area (Å²) in [6.07, 6.45) is 1.34. The van der Waals surface area contributed by atoms with E-state index in [1.807, 2.05) is 18.2 Å². The maximum Gasteiger partial charge on any atom is 0.305 e. The van der Waals surface area contributed by atoms with E-state index in [2.05, 4.69) is 23.8 Å². The lowest BCUT2D eigenvalue weighted by Crippen LogP contribution is -2.03. The summed E-state index contributed by atoms with van der Waals surface area (Å²) in [7, 11) is 1.43. The molecule has 1 atom stereocenters. The van der Waals surface area contributed by atoms with Crippen LogP contribution in [0.25, 0.3) is 0 Å². The standard InChI is InChI=1S/C12H16O2/c1-10(8-9-12(13)14-2)11-6-4-3-5-7-11/h3-7,10H,8-9H2,1-2H3. The van der Waals surface area contributed by atoms with Crippen molar-refractivity contribution in [2.75, 3.05) is 7.11 Å². The van der Waals surface area contributed by atoms with Gasteiger partial charge in [-0.2, -0.15) is 0 Å².